The minimum atomic E-state index is -0.994. The van der Waals surface area contributed by atoms with E-state index in [-0.39, 0.29) is 11.6 Å². The third kappa shape index (κ3) is 3.53. The molecule has 0 N–H and O–H groups in total. The second-order valence-corrected chi connectivity index (χ2v) is 8.21. The number of Topliss-reactive ketones (excluding diaryl/α,β-unsaturated/α-hetero) is 2. The Morgan fingerprint density at radius 1 is 1.04 bits per heavy atom. The first-order valence-electron chi connectivity index (χ1n) is 8.11. The van der Waals surface area contributed by atoms with Gasteiger partial charge in [-0.3, -0.25) is 14.4 Å². The van der Waals surface area contributed by atoms with Crippen LogP contribution >= 0.6 is 31.9 Å². The van der Waals surface area contributed by atoms with E-state index in [9.17, 15) is 14.4 Å². The van der Waals surface area contributed by atoms with Crippen LogP contribution in [0, 0.1) is 11.8 Å². The van der Waals surface area contributed by atoms with Crippen molar-refractivity contribution in [3.63, 3.8) is 0 Å². The molecule has 0 aliphatic carbocycles. The molecule has 0 bridgehead atoms. The van der Waals surface area contributed by atoms with Gasteiger partial charge in [0.1, 0.15) is 17.5 Å². The molecule has 0 aromatic heterocycles. The molecule has 6 heteroatoms. The van der Waals surface area contributed by atoms with E-state index < -0.39 is 23.7 Å². The highest BCUT2D eigenvalue weighted by molar-refractivity contribution is 9.10. The van der Waals surface area contributed by atoms with E-state index in [1.807, 2.05) is 6.07 Å². The van der Waals surface area contributed by atoms with Crippen LogP contribution < -0.4 is 4.74 Å². The number of ether oxygens (including phenoxy) is 1. The van der Waals surface area contributed by atoms with Gasteiger partial charge in [0.2, 0.25) is 0 Å². The lowest BCUT2D eigenvalue weighted by atomic mass is 9.72. The maximum absolute atomic E-state index is 13.0. The Hall–Kier alpha value is -1.79. The van der Waals surface area contributed by atoms with Gasteiger partial charge >= 0.3 is 5.97 Å². The Morgan fingerprint density at radius 2 is 1.65 bits per heavy atom. The van der Waals surface area contributed by atoms with Crippen molar-refractivity contribution in [2.24, 2.45) is 11.8 Å². The predicted molar refractivity (Wildman–Crippen MR) is 104 cm³/mol. The highest BCUT2D eigenvalue weighted by Crippen LogP contribution is 2.44. The Morgan fingerprint density at radius 3 is 2.27 bits per heavy atom. The second kappa shape index (κ2) is 7.45. The monoisotopic (exact) mass is 478 g/mol. The zero-order valence-corrected chi connectivity index (χ0v) is 17.3. The van der Waals surface area contributed by atoms with E-state index >= 15 is 0 Å². The van der Waals surface area contributed by atoms with E-state index in [1.165, 1.54) is 6.92 Å². The fourth-order valence-corrected chi connectivity index (χ4v) is 4.03. The van der Waals surface area contributed by atoms with E-state index in [0.29, 0.717) is 16.9 Å². The number of ketones is 2. The SMILES string of the molecule is CC(=O)[C@@H]1C(=O)Oc2ccc(Br)cc2[C@@H]1[C@@H](C)C(=O)c1ccc(Br)cc1. The Balaban J connectivity index is 2.07. The molecule has 1 aliphatic heterocycles. The molecular weight excluding hydrogens is 464 g/mol. The lowest BCUT2D eigenvalue weighted by Gasteiger charge is -2.34. The van der Waals surface area contributed by atoms with Gasteiger partial charge in [-0.15, -0.1) is 0 Å². The van der Waals surface area contributed by atoms with Crippen LogP contribution in [0.15, 0.2) is 51.4 Å². The molecule has 0 amide bonds. The average Bonchev–Trinajstić information content (AvgIpc) is 2.60. The molecule has 0 spiro atoms. The van der Waals surface area contributed by atoms with Crippen molar-refractivity contribution >= 4 is 49.4 Å². The molecule has 26 heavy (non-hydrogen) atoms. The molecule has 0 radical (unpaired) electrons. The van der Waals surface area contributed by atoms with Gasteiger partial charge in [-0.05, 0) is 37.3 Å². The van der Waals surface area contributed by atoms with E-state index in [0.717, 1.165) is 8.95 Å². The fraction of sp³-hybridized carbons (Fsp3) is 0.250. The number of carbonyl (C=O) groups excluding carboxylic acids is 3. The van der Waals surface area contributed by atoms with E-state index in [1.54, 1.807) is 43.3 Å². The van der Waals surface area contributed by atoms with E-state index in [2.05, 4.69) is 31.9 Å². The fourth-order valence-electron chi connectivity index (χ4n) is 3.39. The summed E-state index contributed by atoms with van der Waals surface area (Å²) in [4.78, 5) is 37.7. The molecular formula is C20H16Br2O4. The first kappa shape index (κ1) is 19.0. The lowest BCUT2D eigenvalue weighted by molar-refractivity contribution is -0.146. The summed E-state index contributed by atoms with van der Waals surface area (Å²) in [5.74, 6) is -2.76. The molecule has 1 aliphatic rings. The quantitative estimate of drug-likeness (QED) is 0.270. The number of rotatable bonds is 4. The minimum absolute atomic E-state index is 0.116. The summed E-state index contributed by atoms with van der Waals surface area (Å²) < 4.78 is 7.01. The van der Waals surface area contributed by atoms with Gasteiger partial charge < -0.3 is 4.74 Å². The molecule has 4 nitrogen and oxygen atoms in total. The van der Waals surface area contributed by atoms with Gasteiger partial charge in [-0.2, -0.15) is 0 Å². The van der Waals surface area contributed by atoms with Crippen molar-refractivity contribution in [2.45, 2.75) is 19.8 Å². The Bertz CT molecular complexity index is 889. The average molecular weight is 480 g/mol. The highest BCUT2D eigenvalue weighted by Gasteiger charge is 2.45. The van der Waals surface area contributed by atoms with Crippen molar-refractivity contribution in [3.8, 4) is 5.75 Å². The molecule has 0 unspecified atom stereocenters. The second-order valence-electron chi connectivity index (χ2n) is 6.38. The molecule has 3 rings (SSSR count). The normalized spacial score (nSPS) is 20.1. The van der Waals surface area contributed by atoms with Crippen LogP contribution in [-0.4, -0.2) is 17.5 Å². The van der Waals surface area contributed by atoms with Crippen molar-refractivity contribution in [3.05, 3.63) is 62.5 Å². The highest BCUT2D eigenvalue weighted by atomic mass is 79.9. The molecule has 1 heterocycles. The molecule has 134 valence electrons. The summed E-state index contributed by atoms with van der Waals surface area (Å²) in [5, 5.41) is 0. The molecule has 0 fully saturated rings. The van der Waals surface area contributed by atoms with Crippen molar-refractivity contribution in [1.29, 1.82) is 0 Å². The van der Waals surface area contributed by atoms with Crippen molar-refractivity contribution in [1.82, 2.24) is 0 Å². The number of esters is 1. The topological polar surface area (TPSA) is 60.4 Å². The summed E-state index contributed by atoms with van der Waals surface area (Å²) in [6.07, 6.45) is 0. The summed E-state index contributed by atoms with van der Waals surface area (Å²) in [7, 11) is 0. The molecule has 0 saturated carbocycles. The predicted octanol–water partition coefficient (Wildman–Crippen LogP) is 4.94. The largest absolute Gasteiger partial charge is 0.426 e. The maximum atomic E-state index is 13.0. The zero-order chi connectivity index (χ0) is 19.0. The number of fused-ring (bicyclic) bond motifs is 1. The number of hydrogen-bond acceptors (Lipinski definition) is 4. The van der Waals surface area contributed by atoms with Crippen LogP contribution in [0.25, 0.3) is 0 Å². The summed E-state index contributed by atoms with van der Waals surface area (Å²) in [6.45, 7) is 3.12. The lowest BCUT2D eigenvalue weighted by Crippen LogP contribution is -2.40. The smallest absolute Gasteiger partial charge is 0.322 e. The van der Waals surface area contributed by atoms with E-state index in [4.69, 9.17) is 4.74 Å². The molecule has 2 aromatic carbocycles. The van der Waals surface area contributed by atoms with Crippen LogP contribution in [0.2, 0.25) is 0 Å². The van der Waals surface area contributed by atoms with Crippen molar-refractivity contribution < 1.29 is 19.1 Å². The van der Waals surface area contributed by atoms with Gasteiger partial charge in [-0.1, -0.05) is 50.9 Å². The van der Waals surface area contributed by atoms with Crippen LogP contribution in [0.1, 0.15) is 35.7 Å². The first-order valence-corrected chi connectivity index (χ1v) is 9.69. The third-order valence-corrected chi connectivity index (χ3v) is 5.70. The Kier molecular flexibility index (Phi) is 5.44. The molecule has 3 atom stereocenters. The van der Waals surface area contributed by atoms with Gasteiger partial charge in [-0.25, -0.2) is 0 Å². The first-order chi connectivity index (χ1) is 12.3. The standard InChI is InChI=1S/C20H16Br2O4/c1-10(19(24)12-3-5-13(21)6-4-12)17-15-9-14(22)7-8-16(15)26-20(25)18(17)11(2)23/h3-10,17-18H,1-2H3/t10-,17+,18+/m1/s1. The van der Waals surface area contributed by atoms with Gasteiger partial charge in [0.25, 0.3) is 0 Å². The van der Waals surface area contributed by atoms with Gasteiger partial charge in [0.05, 0.1) is 0 Å². The van der Waals surface area contributed by atoms with Crippen molar-refractivity contribution in [2.75, 3.05) is 0 Å². The summed E-state index contributed by atoms with van der Waals surface area (Å²) >= 11 is 6.77. The van der Waals surface area contributed by atoms with Crippen LogP contribution in [0.4, 0.5) is 0 Å². The Labute approximate surface area is 168 Å². The zero-order valence-electron chi connectivity index (χ0n) is 14.2. The third-order valence-electron chi connectivity index (χ3n) is 4.67. The number of carbonyl (C=O) groups is 3. The molecule has 2 aromatic rings. The maximum Gasteiger partial charge on any atom is 0.322 e. The van der Waals surface area contributed by atoms with Gasteiger partial charge in [0.15, 0.2) is 5.78 Å². The van der Waals surface area contributed by atoms with Crippen LogP contribution in [0.3, 0.4) is 0 Å². The molecule has 0 saturated heterocycles. The summed E-state index contributed by atoms with van der Waals surface area (Å²) in [5.41, 5.74) is 1.23. The van der Waals surface area contributed by atoms with Crippen LogP contribution in [-0.2, 0) is 9.59 Å². The number of benzene rings is 2. The van der Waals surface area contributed by atoms with Crippen LogP contribution in [0.5, 0.6) is 5.75 Å². The minimum Gasteiger partial charge on any atom is -0.426 e. The number of halogens is 2. The van der Waals surface area contributed by atoms with Gasteiger partial charge in [0, 0.05) is 31.9 Å². The summed E-state index contributed by atoms with van der Waals surface area (Å²) in [6, 6.07) is 12.3. The number of hydrogen-bond donors (Lipinski definition) is 0.